The van der Waals surface area contributed by atoms with E-state index in [9.17, 15) is 0 Å². The minimum absolute atomic E-state index is 0.378. The fourth-order valence-electron chi connectivity index (χ4n) is 5.35. The summed E-state index contributed by atoms with van der Waals surface area (Å²) in [5, 5.41) is 1.29. The second-order valence-corrected chi connectivity index (χ2v) is 10.8. The van der Waals surface area contributed by atoms with Gasteiger partial charge < -0.3 is 14.2 Å². The molecule has 0 N–H and O–H groups in total. The Balaban J connectivity index is 1.62. The highest BCUT2D eigenvalue weighted by molar-refractivity contribution is 9.10. The lowest BCUT2D eigenvalue weighted by Crippen LogP contribution is -2.35. The van der Waals surface area contributed by atoms with Crippen molar-refractivity contribution in [2.75, 3.05) is 24.6 Å². The van der Waals surface area contributed by atoms with E-state index in [1.807, 2.05) is 0 Å². The summed E-state index contributed by atoms with van der Waals surface area (Å²) in [5.41, 5.74) is 8.49. The molecule has 1 fully saturated rings. The van der Waals surface area contributed by atoms with E-state index in [1.165, 1.54) is 52.7 Å². The third-order valence-corrected chi connectivity index (χ3v) is 7.47. The monoisotopic (exact) mass is 511 g/mol. The molecule has 3 heterocycles. The van der Waals surface area contributed by atoms with Gasteiger partial charge in [-0.3, -0.25) is 0 Å². The summed E-state index contributed by atoms with van der Waals surface area (Å²) in [7, 11) is 0. The van der Waals surface area contributed by atoms with Crippen molar-refractivity contribution in [1.82, 2.24) is 9.55 Å². The van der Waals surface area contributed by atoms with Crippen molar-refractivity contribution in [2.45, 2.75) is 73.3 Å². The van der Waals surface area contributed by atoms with Crippen LogP contribution in [0.25, 0.3) is 16.7 Å². The third-order valence-electron chi connectivity index (χ3n) is 7.02. The average molecular weight is 513 g/mol. The van der Waals surface area contributed by atoms with Crippen LogP contribution in [0.1, 0.15) is 61.9 Å². The molecule has 4 nitrogen and oxygen atoms in total. The van der Waals surface area contributed by atoms with Gasteiger partial charge in [-0.1, -0.05) is 29.3 Å². The van der Waals surface area contributed by atoms with Crippen LogP contribution in [0.2, 0.25) is 0 Å². The van der Waals surface area contributed by atoms with E-state index in [4.69, 9.17) is 9.72 Å². The molecule has 0 spiro atoms. The molecule has 0 amide bonds. The molecule has 1 unspecified atom stereocenters. The highest BCUT2D eigenvalue weighted by Crippen LogP contribution is 2.36. The Morgan fingerprint density at radius 1 is 1.06 bits per heavy atom. The number of aromatic nitrogens is 2. The molecule has 1 atom stereocenters. The molecule has 1 aliphatic heterocycles. The highest BCUT2D eigenvalue weighted by atomic mass is 79.9. The van der Waals surface area contributed by atoms with Crippen LogP contribution in [-0.4, -0.2) is 35.4 Å². The van der Waals surface area contributed by atoms with Gasteiger partial charge in [0, 0.05) is 47.1 Å². The zero-order valence-corrected chi connectivity index (χ0v) is 22.6. The van der Waals surface area contributed by atoms with Crippen molar-refractivity contribution in [3.05, 3.63) is 51.3 Å². The normalized spacial score (nSPS) is 16.0. The number of fused-ring (bicyclic) bond motifs is 1. The molecule has 178 valence electrons. The Labute approximate surface area is 207 Å². The number of hydrogen-bond donors (Lipinski definition) is 0. The summed E-state index contributed by atoms with van der Waals surface area (Å²) in [6.45, 7) is 16.2. The number of ether oxygens (including phenoxy) is 1. The molecule has 1 aromatic carbocycles. The van der Waals surface area contributed by atoms with Gasteiger partial charge in [-0.2, -0.15) is 0 Å². The Bertz CT molecular complexity index is 1100. The fourth-order valence-corrected chi connectivity index (χ4v) is 6.03. The van der Waals surface area contributed by atoms with Crippen molar-refractivity contribution in [2.24, 2.45) is 5.92 Å². The largest absolute Gasteiger partial charge is 0.378 e. The number of nitrogens with zero attached hydrogens (tertiary/aromatic N) is 3. The first-order chi connectivity index (χ1) is 15.8. The summed E-state index contributed by atoms with van der Waals surface area (Å²) in [6.07, 6.45) is 7.36. The smallest absolute Gasteiger partial charge is 0.147 e. The molecule has 5 heteroatoms. The molecule has 0 radical (unpaired) electrons. The Hall–Kier alpha value is -1.85. The quantitative estimate of drug-likeness (QED) is 0.330. The van der Waals surface area contributed by atoms with Gasteiger partial charge in [0.05, 0.1) is 11.8 Å². The van der Waals surface area contributed by atoms with Crippen LogP contribution in [0.15, 0.2) is 28.9 Å². The van der Waals surface area contributed by atoms with E-state index in [0.717, 1.165) is 41.9 Å². The zero-order valence-electron chi connectivity index (χ0n) is 21.0. The van der Waals surface area contributed by atoms with Gasteiger partial charge in [0.15, 0.2) is 0 Å². The lowest BCUT2D eigenvalue weighted by atomic mass is 9.96. The molecular weight excluding hydrogens is 474 g/mol. The number of aryl methyl sites for hydroxylation is 4. The van der Waals surface area contributed by atoms with E-state index in [2.05, 4.69) is 91.3 Å². The molecule has 0 saturated carbocycles. The highest BCUT2D eigenvalue weighted by Gasteiger charge is 2.24. The van der Waals surface area contributed by atoms with Gasteiger partial charge in [-0.05, 0) is 94.7 Å². The van der Waals surface area contributed by atoms with E-state index in [-0.39, 0.29) is 0 Å². The van der Waals surface area contributed by atoms with Crippen molar-refractivity contribution >= 4 is 32.7 Å². The molecule has 0 aliphatic carbocycles. The van der Waals surface area contributed by atoms with Gasteiger partial charge in [0.25, 0.3) is 0 Å². The number of pyridine rings is 1. The molecule has 4 rings (SSSR count). The van der Waals surface area contributed by atoms with E-state index in [0.29, 0.717) is 12.0 Å². The van der Waals surface area contributed by atoms with Gasteiger partial charge in [-0.25, -0.2) is 4.98 Å². The van der Waals surface area contributed by atoms with E-state index in [1.54, 1.807) is 0 Å². The first-order valence-electron chi connectivity index (χ1n) is 12.4. The van der Waals surface area contributed by atoms with Crippen LogP contribution in [-0.2, 0) is 4.74 Å². The van der Waals surface area contributed by atoms with Crippen LogP contribution in [0, 0.1) is 33.6 Å². The molecule has 0 bridgehead atoms. The lowest BCUT2D eigenvalue weighted by molar-refractivity contribution is 0.0294. The Morgan fingerprint density at radius 2 is 1.73 bits per heavy atom. The first kappa shape index (κ1) is 24.3. The average Bonchev–Trinajstić information content (AvgIpc) is 3.07. The second kappa shape index (κ2) is 10.2. The molecule has 3 aromatic rings. The van der Waals surface area contributed by atoms with Crippen LogP contribution in [0.5, 0.6) is 0 Å². The van der Waals surface area contributed by atoms with Crippen LogP contribution in [0.4, 0.5) is 5.69 Å². The predicted octanol–water partition coefficient (Wildman–Crippen LogP) is 7.44. The number of halogens is 1. The Kier molecular flexibility index (Phi) is 7.49. The lowest BCUT2D eigenvalue weighted by Gasteiger charge is -2.34. The van der Waals surface area contributed by atoms with Crippen molar-refractivity contribution < 1.29 is 4.74 Å². The van der Waals surface area contributed by atoms with Gasteiger partial charge in [0.1, 0.15) is 5.65 Å². The summed E-state index contributed by atoms with van der Waals surface area (Å²) in [6, 6.07) is 6.66. The molecule has 2 aromatic heterocycles. The number of hydrogen-bond acceptors (Lipinski definition) is 3. The molecule has 1 saturated heterocycles. The fraction of sp³-hybridized carbons (Fsp3) is 0.536. The van der Waals surface area contributed by atoms with Gasteiger partial charge in [-0.15, -0.1) is 0 Å². The van der Waals surface area contributed by atoms with Gasteiger partial charge in [0.2, 0.25) is 0 Å². The third kappa shape index (κ3) is 5.14. The predicted molar refractivity (Wildman–Crippen MR) is 143 cm³/mol. The Morgan fingerprint density at radius 3 is 2.36 bits per heavy atom. The maximum atomic E-state index is 6.12. The minimum atomic E-state index is 0.378. The maximum absolute atomic E-state index is 6.12. The summed E-state index contributed by atoms with van der Waals surface area (Å²) in [4.78, 5) is 7.59. The van der Waals surface area contributed by atoms with Crippen molar-refractivity contribution in [3.63, 3.8) is 0 Å². The van der Waals surface area contributed by atoms with Crippen LogP contribution >= 0.6 is 15.9 Å². The van der Waals surface area contributed by atoms with Gasteiger partial charge >= 0.3 is 0 Å². The van der Waals surface area contributed by atoms with Crippen LogP contribution in [0.3, 0.4) is 0 Å². The first-order valence-corrected chi connectivity index (χ1v) is 13.2. The number of benzene rings is 1. The SMILES string of the molecule is CCCC(C)OCC1CCN(c2cc(C)nc3c2c(C)cn3-c2c(C)cc(Br)cc2C)CC1. The minimum Gasteiger partial charge on any atom is -0.378 e. The molecular formula is C28H38BrN3O. The zero-order chi connectivity index (χ0) is 23.7. The summed E-state index contributed by atoms with van der Waals surface area (Å²) in [5.74, 6) is 0.665. The second-order valence-electron chi connectivity index (χ2n) is 9.91. The topological polar surface area (TPSA) is 30.3 Å². The maximum Gasteiger partial charge on any atom is 0.147 e. The number of rotatable bonds is 7. The standard InChI is InChI=1S/C28H38BrN3O/c1-7-8-22(6)33-17-23-9-11-31(12-10-23)25-15-21(5)30-28-26(25)20(4)16-32(28)27-18(2)13-24(29)14-19(27)3/h13-16,22-23H,7-12,17H2,1-6H3. The molecule has 33 heavy (non-hydrogen) atoms. The summed E-state index contributed by atoms with van der Waals surface area (Å²) >= 11 is 3.64. The number of anilines is 1. The van der Waals surface area contributed by atoms with E-state index < -0.39 is 0 Å². The number of piperidine rings is 1. The van der Waals surface area contributed by atoms with Crippen LogP contribution < -0.4 is 4.90 Å². The molecule has 1 aliphatic rings. The van der Waals surface area contributed by atoms with Crippen molar-refractivity contribution in [3.8, 4) is 5.69 Å². The van der Waals surface area contributed by atoms with Crippen molar-refractivity contribution in [1.29, 1.82) is 0 Å². The summed E-state index contributed by atoms with van der Waals surface area (Å²) < 4.78 is 9.54. The van der Waals surface area contributed by atoms with E-state index >= 15 is 0 Å².